The second kappa shape index (κ2) is 8.28. The van der Waals surface area contributed by atoms with Crippen LogP contribution in [0.15, 0.2) is 24.3 Å². The molecule has 2 rings (SSSR count). The largest absolute Gasteiger partial charge is 0.356 e. The van der Waals surface area contributed by atoms with Crippen LogP contribution < -0.4 is 10.6 Å². The van der Waals surface area contributed by atoms with Crippen molar-refractivity contribution in [3.63, 3.8) is 0 Å². The summed E-state index contributed by atoms with van der Waals surface area (Å²) in [6.45, 7) is 7.16. The zero-order valence-corrected chi connectivity index (χ0v) is 13.1. The zero-order chi connectivity index (χ0) is 13.7. The van der Waals surface area contributed by atoms with E-state index in [0.717, 1.165) is 26.1 Å². The van der Waals surface area contributed by atoms with Crippen molar-refractivity contribution in [2.24, 2.45) is 5.92 Å². The first kappa shape index (κ1) is 17.0. The molecule has 1 fully saturated rings. The fraction of sp³-hybridized carbons (Fsp3) is 0.562. The van der Waals surface area contributed by atoms with E-state index in [1.54, 1.807) is 0 Å². The standard InChI is InChI=1S/C16H24N2O.ClH/c1-3-13-4-6-15(7-5-13)12(2)8-16(19)18-11-14-9-17-10-14;/h4-7,12,14,17H,3,8-11H2,1-2H3,(H,18,19);1H. The van der Waals surface area contributed by atoms with Crippen LogP contribution in [0.3, 0.4) is 0 Å². The normalized spacial score (nSPS) is 15.9. The zero-order valence-electron chi connectivity index (χ0n) is 12.3. The molecule has 1 aromatic carbocycles. The van der Waals surface area contributed by atoms with Gasteiger partial charge in [0.1, 0.15) is 0 Å². The van der Waals surface area contributed by atoms with Gasteiger partial charge in [-0.3, -0.25) is 4.79 Å². The van der Waals surface area contributed by atoms with Gasteiger partial charge in [-0.25, -0.2) is 0 Å². The molecule has 20 heavy (non-hydrogen) atoms. The fourth-order valence-corrected chi connectivity index (χ4v) is 2.30. The Bertz CT molecular complexity index is 415. The quantitative estimate of drug-likeness (QED) is 0.847. The predicted molar refractivity (Wildman–Crippen MR) is 85.5 cm³/mol. The summed E-state index contributed by atoms with van der Waals surface area (Å²) in [6, 6.07) is 8.60. The van der Waals surface area contributed by atoms with Crippen LogP contribution in [0, 0.1) is 5.92 Å². The maximum Gasteiger partial charge on any atom is 0.220 e. The molecule has 112 valence electrons. The Labute approximate surface area is 127 Å². The van der Waals surface area contributed by atoms with Crippen molar-refractivity contribution in [1.82, 2.24) is 10.6 Å². The molecule has 1 aliphatic heterocycles. The molecule has 1 atom stereocenters. The van der Waals surface area contributed by atoms with Crippen LogP contribution in [0.25, 0.3) is 0 Å². The molecule has 0 aliphatic carbocycles. The lowest BCUT2D eigenvalue weighted by atomic mass is 9.96. The summed E-state index contributed by atoms with van der Waals surface area (Å²) in [6.07, 6.45) is 1.64. The minimum absolute atomic E-state index is 0. The molecule has 1 aromatic rings. The molecule has 2 N–H and O–H groups in total. The lowest BCUT2D eigenvalue weighted by Crippen LogP contribution is -2.48. The monoisotopic (exact) mass is 296 g/mol. The molecule has 1 aliphatic rings. The molecule has 0 saturated carbocycles. The Balaban J connectivity index is 0.00000200. The van der Waals surface area contributed by atoms with Crippen LogP contribution in [-0.4, -0.2) is 25.5 Å². The van der Waals surface area contributed by atoms with E-state index < -0.39 is 0 Å². The Kier molecular flexibility index (Phi) is 7.03. The molecule has 1 unspecified atom stereocenters. The molecule has 1 amide bonds. The third-order valence-corrected chi connectivity index (χ3v) is 3.90. The number of benzene rings is 1. The smallest absolute Gasteiger partial charge is 0.220 e. The fourth-order valence-electron chi connectivity index (χ4n) is 2.30. The van der Waals surface area contributed by atoms with Crippen LogP contribution in [0.1, 0.15) is 37.3 Å². The van der Waals surface area contributed by atoms with Gasteiger partial charge in [0.15, 0.2) is 0 Å². The summed E-state index contributed by atoms with van der Waals surface area (Å²) in [5, 5.41) is 6.24. The average Bonchev–Trinajstić information content (AvgIpc) is 2.37. The Hall–Kier alpha value is -1.06. The minimum Gasteiger partial charge on any atom is -0.356 e. The maximum atomic E-state index is 11.9. The highest BCUT2D eigenvalue weighted by atomic mass is 35.5. The maximum absolute atomic E-state index is 11.9. The summed E-state index contributed by atoms with van der Waals surface area (Å²) >= 11 is 0. The van der Waals surface area contributed by atoms with Crippen molar-refractivity contribution < 1.29 is 4.79 Å². The number of rotatable bonds is 6. The Morgan fingerprint density at radius 3 is 2.50 bits per heavy atom. The SMILES string of the molecule is CCc1ccc(C(C)CC(=O)NCC2CNC2)cc1.Cl. The number of halogens is 1. The molecule has 1 saturated heterocycles. The number of carbonyl (C=O) groups excluding carboxylic acids is 1. The van der Waals surface area contributed by atoms with E-state index in [2.05, 4.69) is 48.7 Å². The molecule has 0 bridgehead atoms. The van der Waals surface area contributed by atoms with Crippen molar-refractivity contribution in [2.75, 3.05) is 19.6 Å². The van der Waals surface area contributed by atoms with Crippen LogP contribution in [0.2, 0.25) is 0 Å². The number of amides is 1. The van der Waals surface area contributed by atoms with Gasteiger partial charge in [-0.1, -0.05) is 38.1 Å². The van der Waals surface area contributed by atoms with E-state index in [9.17, 15) is 4.79 Å². The van der Waals surface area contributed by atoms with Crippen LogP contribution in [-0.2, 0) is 11.2 Å². The highest BCUT2D eigenvalue weighted by Crippen LogP contribution is 2.19. The number of hydrogen-bond acceptors (Lipinski definition) is 2. The lowest BCUT2D eigenvalue weighted by molar-refractivity contribution is -0.121. The van der Waals surface area contributed by atoms with Gasteiger partial charge >= 0.3 is 0 Å². The molecule has 0 spiro atoms. The summed E-state index contributed by atoms with van der Waals surface area (Å²) in [7, 11) is 0. The molecular formula is C16H25ClN2O. The highest BCUT2D eigenvalue weighted by molar-refractivity contribution is 5.85. The molecule has 3 nitrogen and oxygen atoms in total. The van der Waals surface area contributed by atoms with Crippen LogP contribution in [0.5, 0.6) is 0 Å². The number of hydrogen-bond donors (Lipinski definition) is 2. The summed E-state index contributed by atoms with van der Waals surface area (Å²) in [5.41, 5.74) is 2.59. The van der Waals surface area contributed by atoms with Crippen molar-refractivity contribution in [2.45, 2.75) is 32.6 Å². The molecular weight excluding hydrogens is 272 g/mol. The van der Waals surface area contributed by atoms with Gasteiger partial charge in [-0.05, 0) is 23.5 Å². The summed E-state index contributed by atoms with van der Waals surface area (Å²) in [4.78, 5) is 11.9. The number of nitrogens with one attached hydrogen (secondary N) is 2. The van der Waals surface area contributed by atoms with Crippen LogP contribution >= 0.6 is 12.4 Å². The van der Waals surface area contributed by atoms with E-state index in [-0.39, 0.29) is 24.2 Å². The van der Waals surface area contributed by atoms with E-state index >= 15 is 0 Å². The average molecular weight is 297 g/mol. The highest BCUT2D eigenvalue weighted by Gasteiger charge is 2.18. The minimum atomic E-state index is 0. The van der Waals surface area contributed by atoms with Gasteiger partial charge in [0.05, 0.1) is 0 Å². The van der Waals surface area contributed by atoms with E-state index in [1.807, 2.05) is 0 Å². The van der Waals surface area contributed by atoms with Crippen molar-refractivity contribution >= 4 is 18.3 Å². The first-order valence-electron chi connectivity index (χ1n) is 7.25. The topological polar surface area (TPSA) is 41.1 Å². The Morgan fingerprint density at radius 1 is 1.35 bits per heavy atom. The van der Waals surface area contributed by atoms with Gasteiger partial charge in [0, 0.05) is 32.0 Å². The molecule has 0 radical (unpaired) electrons. The van der Waals surface area contributed by atoms with Crippen molar-refractivity contribution in [3.05, 3.63) is 35.4 Å². The van der Waals surface area contributed by atoms with Gasteiger partial charge in [0.2, 0.25) is 5.91 Å². The van der Waals surface area contributed by atoms with E-state index in [4.69, 9.17) is 0 Å². The van der Waals surface area contributed by atoms with Gasteiger partial charge in [-0.15, -0.1) is 12.4 Å². The van der Waals surface area contributed by atoms with Gasteiger partial charge in [0.25, 0.3) is 0 Å². The van der Waals surface area contributed by atoms with Crippen molar-refractivity contribution in [3.8, 4) is 0 Å². The lowest BCUT2D eigenvalue weighted by Gasteiger charge is -2.27. The second-order valence-electron chi connectivity index (χ2n) is 5.53. The van der Waals surface area contributed by atoms with E-state index in [0.29, 0.717) is 12.3 Å². The number of carbonyl (C=O) groups is 1. The molecule has 0 aromatic heterocycles. The van der Waals surface area contributed by atoms with E-state index in [1.165, 1.54) is 11.1 Å². The van der Waals surface area contributed by atoms with Gasteiger partial charge < -0.3 is 10.6 Å². The molecule has 4 heteroatoms. The Morgan fingerprint density at radius 2 is 2.00 bits per heavy atom. The van der Waals surface area contributed by atoms with Gasteiger partial charge in [-0.2, -0.15) is 0 Å². The third-order valence-electron chi connectivity index (χ3n) is 3.90. The van der Waals surface area contributed by atoms with Crippen LogP contribution in [0.4, 0.5) is 0 Å². The molecule has 1 heterocycles. The predicted octanol–water partition coefficient (Wildman–Crippen LogP) is 2.50. The first-order valence-corrected chi connectivity index (χ1v) is 7.25. The second-order valence-corrected chi connectivity index (χ2v) is 5.53. The number of aryl methyl sites for hydroxylation is 1. The summed E-state index contributed by atoms with van der Waals surface area (Å²) in [5.74, 6) is 1.08. The third kappa shape index (κ3) is 4.80. The first-order chi connectivity index (χ1) is 9.19. The van der Waals surface area contributed by atoms with Crippen molar-refractivity contribution in [1.29, 1.82) is 0 Å². The summed E-state index contributed by atoms with van der Waals surface area (Å²) < 4.78 is 0.